The summed E-state index contributed by atoms with van der Waals surface area (Å²) in [4.78, 5) is 2.34. The van der Waals surface area contributed by atoms with Gasteiger partial charge in [0.2, 0.25) is 0 Å². The summed E-state index contributed by atoms with van der Waals surface area (Å²) in [6, 6.07) is 8.60. The minimum Gasteiger partial charge on any atom is -0.391 e. The van der Waals surface area contributed by atoms with Crippen molar-refractivity contribution in [2.24, 2.45) is 5.41 Å². The van der Waals surface area contributed by atoms with Crippen LogP contribution >= 0.6 is 0 Å². The van der Waals surface area contributed by atoms with Crippen LogP contribution in [-0.4, -0.2) is 24.3 Å². The first-order valence-corrected chi connectivity index (χ1v) is 7.24. The van der Waals surface area contributed by atoms with Crippen LogP contribution in [0.5, 0.6) is 0 Å². The van der Waals surface area contributed by atoms with Crippen molar-refractivity contribution in [1.29, 1.82) is 0 Å². The van der Waals surface area contributed by atoms with Crippen LogP contribution in [0.25, 0.3) is 0 Å². The zero-order chi connectivity index (χ0) is 14.3. The van der Waals surface area contributed by atoms with Crippen LogP contribution in [0.2, 0.25) is 0 Å². The lowest BCUT2D eigenvalue weighted by atomic mass is 9.79. The van der Waals surface area contributed by atoms with Gasteiger partial charge >= 0.3 is 0 Å². The monoisotopic (exact) mass is 261 g/mol. The smallest absolute Gasteiger partial charge is 0.0766 e. The Morgan fingerprint density at radius 1 is 1.21 bits per heavy atom. The van der Waals surface area contributed by atoms with Crippen molar-refractivity contribution in [3.63, 3.8) is 0 Å². The van der Waals surface area contributed by atoms with E-state index in [0.717, 1.165) is 19.5 Å². The topological polar surface area (TPSA) is 23.5 Å². The van der Waals surface area contributed by atoms with Gasteiger partial charge < -0.3 is 10.0 Å². The number of rotatable bonds is 1. The number of nitrogens with zero attached hydrogens (tertiary/aromatic N) is 1. The number of anilines is 1. The third-order valence-electron chi connectivity index (χ3n) is 4.37. The Balaban J connectivity index is 2.29. The van der Waals surface area contributed by atoms with Gasteiger partial charge in [0.15, 0.2) is 0 Å². The van der Waals surface area contributed by atoms with Gasteiger partial charge in [0, 0.05) is 18.8 Å². The Labute approximate surface area is 117 Å². The quantitative estimate of drug-likeness (QED) is 0.835. The molecular weight excluding hydrogens is 234 g/mol. The lowest BCUT2D eigenvalue weighted by Gasteiger charge is -2.43. The Hall–Kier alpha value is -1.02. The van der Waals surface area contributed by atoms with Crippen molar-refractivity contribution in [2.75, 3.05) is 18.0 Å². The first-order valence-electron chi connectivity index (χ1n) is 7.24. The van der Waals surface area contributed by atoms with Crippen molar-refractivity contribution in [3.8, 4) is 0 Å². The summed E-state index contributed by atoms with van der Waals surface area (Å²) in [5.74, 6) is 0. The fourth-order valence-corrected chi connectivity index (χ4v) is 2.74. The molecule has 1 aromatic rings. The molecular formula is C17H27NO. The van der Waals surface area contributed by atoms with Gasteiger partial charge in [-0.25, -0.2) is 0 Å². The molecule has 0 bridgehead atoms. The van der Waals surface area contributed by atoms with E-state index in [1.807, 2.05) is 0 Å². The fourth-order valence-electron chi connectivity index (χ4n) is 2.74. The van der Waals surface area contributed by atoms with E-state index in [9.17, 15) is 5.11 Å². The molecule has 0 saturated carbocycles. The minimum absolute atomic E-state index is 0.0349. The van der Waals surface area contributed by atoms with Crippen LogP contribution in [-0.2, 0) is 5.41 Å². The van der Waals surface area contributed by atoms with E-state index >= 15 is 0 Å². The second kappa shape index (κ2) is 4.82. The lowest BCUT2D eigenvalue weighted by Crippen LogP contribution is -2.48. The first-order chi connectivity index (χ1) is 8.72. The number of aliphatic hydroxyl groups excluding tert-OH is 1. The maximum atomic E-state index is 10.3. The third-order valence-corrected chi connectivity index (χ3v) is 4.37. The highest BCUT2D eigenvalue weighted by Crippen LogP contribution is 2.37. The molecule has 2 rings (SSSR count). The van der Waals surface area contributed by atoms with Crippen molar-refractivity contribution >= 4 is 5.69 Å². The highest BCUT2D eigenvalue weighted by Gasteiger charge is 2.35. The standard InChI is InChI=1S/C17H27NO/c1-16(2,3)13-8-6-7-9-14(13)18-11-10-17(4,5)15(19)12-18/h6-9,15,19H,10-12H2,1-5H3. The van der Waals surface area contributed by atoms with Gasteiger partial charge in [-0.05, 0) is 28.9 Å². The van der Waals surface area contributed by atoms with Crippen molar-refractivity contribution in [3.05, 3.63) is 29.8 Å². The molecule has 106 valence electrons. The second-order valence-corrected chi connectivity index (χ2v) is 7.47. The first kappa shape index (κ1) is 14.4. The molecule has 0 aliphatic carbocycles. The molecule has 19 heavy (non-hydrogen) atoms. The Bertz CT molecular complexity index is 445. The molecule has 1 heterocycles. The predicted octanol–water partition coefficient (Wildman–Crippen LogP) is 3.58. The Morgan fingerprint density at radius 2 is 1.84 bits per heavy atom. The van der Waals surface area contributed by atoms with Crippen molar-refractivity contribution < 1.29 is 5.11 Å². The number of piperidine rings is 1. The number of hydrogen-bond acceptors (Lipinski definition) is 2. The predicted molar refractivity (Wildman–Crippen MR) is 81.8 cm³/mol. The van der Waals surface area contributed by atoms with E-state index in [0.29, 0.717) is 0 Å². The maximum absolute atomic E-state index is 10.3. The number of β-amino-alcohol motifs (C(OH)–C–C–N with tert-alkyl or cyclic N) is 1. The van der Waals surface area contributed by atoms with Gasteiger partial charge in [0.05, 0.1) is 6.10 Å². The van der Waals surface area contributed by atoms with E-state index in [-0.39, 0.29) is 16.9 Å². The van der Waals surface area contributed by atoms with E-state index < -0.39 is 0 Å². The highest BCUT2D eigenvalue weighted by molar-refractivity contribution is 5.56. The van der Waals surface area contributed by atoms with Crippen molar-refractivity contribution in [1.82, 2.24) is 0 Å². The fraction of sp³-hybridized carbons (Fsp3) is 0.647. The molecule has 2 heteroatoms. The van der Waals surface area contributed by atoms with E-state index in [1.165, 1.54) is 11.3 Å². The number of aliphatic hydroxyl groups is 1. The summed E-state index contributed by atoms with van der Waals surface area (Å²) >= 11 is 0. The summed E-state index contributed by atoms with van der Waals surface area (Å²) in [5.41, 5.74) is 2.81. The van der Waals surface area contributed by atoms with Gasteiger partial charge in [-0.1, -0.05) is 52.8 Å². The van der Waals surface area contributed by atoms with Crippen LogP contribution in [0.3, 0.4) is 0 Å². The number of hydrogen-bond donors (Lipinski definition) is 1. The number of benzene rings is 1. The molecule has 1 atom stereocenters. The number of para-hydroxylation sites is 1. The average molecular weight is 261 g/mol. The van der Waals surface area contributed by atoms with Gasteiger partial charge in [0.25, 0.3) is 0 Å². The molecule has 0 radical (unpaired) electrons. The summed E-state index contributed by atoms with van der Waals surface area (Å²) in [6.07, 6.45) is 0.779. The molecule has 2 nitrogen and oxygen atoms in total. The Kier molecular flexibility index (Phi) is 3.65. The molecule has 0 amide bonds. The largest absolute Gasteiger partial charge is 0.391 e. The SMILES string of the molecule is CC(C)(C)c1ccccc1N1CCC(C)(C)C(O)C1. The average Bonchev–Trinajstić information content (AvgIpc) is 2.32. The maximum Gasteiger partial charge on any atom is 0.0766 e. The van der Waals surface area contributed by atoms with E-state index in [1.54, 1.807) is 0 Å². The van der Waals surface area contributed by atoms with Gasteiger partial charge in [-0.15, -0.1) is 0 Å². The highest BCUT2D eigenvalue weighted by atomic mass is 16.3. The zero-order valence-electron chi connectivity index (χ0n) is 12.9. The van der Waals surface area contributed by atoms with Gasteiger partial charge in [0.1, 0.15) is 0 Å². The van der Waals surface area contributed by atoms with E-state index in [4.69, 9.17) is 0 Å². The Morgan fingerprint density at radius 3 is 2.42 bits per heavy atom. The van der Waals surface area contributed by atoms with Crippen LogP contribution < -0.4 is 4.90 Å². The van der Waals surface area contributed by atoms with Crippen LogP contribution in [0, 0.1) is 5.41 Å². The van der Waals surface area contributed by atoms with Crippen LogP contribution in [0.4, 0.5) is 5.69 Å². The molecule has 1 aliphatic heterocycles. The summed E-state index contributed by atoms with van der Waals surface area (Å²) < 4.78 is 0. The third kappa shape index (κ3) is 2.94. The van der Waals surface area contributed by atoms with Crippen molar-refractivity contribution in [2.45, 2.75) is 52.6 Å². The molecule has 1 N–H and O–H groups in total. The summed E-state index contributed by atoms with van der Waals surface area (Å²) in [7, 11) is 0. The molecule has 1 fully saturated rings. The normalized spacial score (nSPS) is 23.5. The summed E-state index contributed by atoms with van der Waals surface area (Å²) in [5, 5.41) is 10.3. The molecule has 1 aromatic carbocycles. The van der Waals surface area contributed by atoms with Gasteiger partial charge in [-0.2, -0.15) is 0 Å². The molecule has 1 unspecified atom stereocenters. The summed E-state index contributed by atoms with van der Waals surface area (Å²) in [6.45, 7) is 12.8. The van der Waals surface area contributed by atoms with Crippen LogP contribution in [0.1, 0.15) is 46.6 Å². The van der Waals surface area contributed by atoms with E-state index in [2.05, 4.69) is 63.8 Å². The molecule has 1 saturated heterocycles. The zero-order valence-corrected chi connectivity index (χ0v) is 12.9. The van der Waals surface area contributed by atoms with Gasteiger partial charge in [-0.3, -0.25) is 0 Å². The minimum atomic E-state index is -0.255. The molecule has 0 spiro atoms. The van der Waals surface area contributed by atoms with Crippen LogP contribution in [0.15, 0.2) is 24.3 Å². The molecule has 1 aliphatic rings. The lowest BCUT2D eigenvalue weighted by molar-refractivity contribution is 0.0350. The second-order valence-electron chi connectivity index (χ2n) is 7.47. The molecule has 0 aromatic heterocycles.